The highest BCUT2D eigenvalue weighted by atomic mass is 19.1. The smallest absolute Gasteiger partial charge is 0.412 e. The average Bonchev–Trinajstić information content (AvgIpc) is 2.28. The van der Waals surface area contributed by atoms with Crippen LogP contribution in [-0.2, 0) is 4.74 Å². The lowest BCUT2D eigenvalue weighted by Crippen LogP contribution is -2.27. The molecule has 4 nitrogen and oxygen atoms in total. The lowest BCUT2D eigenvalue weighted by atomic mass is 10.1. The number of rotatable bonds is 3. The molecule has 1 aromatic carbocycles. The SMILES string of the molecule is CCC(=O)c1cc(NC(=O)OC(C)(C)C)ccc1F. The molecule has 1 rings (SSSR count). The monoisotopic (exact) mass is 267 g/mol. The van der Waals surface area contributed by atoms with E-state index in [1.54, 1.807) is 27.7 Å². The number of nitrogens with one attached hydrogen (secondary N) is 1. The second-order valence-corrected chi connectivity index (χ2v) is 5.10. The number of Topliss-reactive ketones (excluding diaryl/α,β-unsaturated/α-hetero) is 1. The Kier molecular flexibility index (Phi) is 4.64. The highest BCUT2D eigenvalue weighted by Crippen LogP contribution is 2.17. The molecule has 104 valence electrons. The van der Waals surface area contributed by atoms with Crippen molar-refractivity contribution >= 4 is 17.6 Å². The molecular formula is C14H18FNO3. The maximum Gasteiger partial charge on any atom is 0.412 e. The molecule has 0 unspecified atom stereocenters. The van der Waals surface area contributed by atoms with E-state index in [0.717, 1.165) is 6.07 Å². The largest absolute Gasteiger partial charge is 0.444 e. The number of hydrogen-bond acceptors (Lipinski definition) is 3. The van der Waals surface area contributed by atoms with E-state index in [0.29, 0.717) is 5.69 Å². The van der Waals surface area contributed by atoms with Crippen LogP contribution in [-0.4, -0.2) is 17.5 Å². The number of ketones is 1. The van der Waals surface area contributed by atoms with Crippen molar-refractivity contribution in [2.24, 2.45) is 0 Å². The van der Waals surface area contributed by atoms with Crippen molar-refractivity contribution in [3.05, 3.63) is 29.6 Å². The van der Waals surface area contributed by atoms with Crippen LogP contribution in [0, 0.1) is 5.82 Å². The van der Waals surface area contributed by atoms with E-state index in [4.69, 9.17) is 4.74 Å². The molecule has 0 saturated carbocycles. The van der Waals surface area contributed by atoms with Gasteiger partial charge in [-0.1, -0.05) is 6.92 Å². The van der Waals surface area contributed by atoms with Gasteiger partial charge in [-0.25, -0.2) is 9.18 Å². The van der Waals surface area contributed by atoms with Crippen molar-refractivity contribution in [3.8, 4) is 0 Å². The average molecular weight is 267 g/mol. The van der Waals surface area contributed by atoms with Gasteiger partial charge in [-0.3, -0.25) is 10.1 Å². The second-order valence-electron chi connectivity index (χ2n) is 5.10. The number of halogens is 1. The first-order valence-electron chi connectivity index (χ1n) is 6.05. The van der Waals surface area contributed by atoms with Gasteiger partial charge in [-0.2, -0.15) is 0 Å². The van der Waals surface area contributed by atoms with Crippen LogP contribution < -0.4 is 5.32 Å². The van der Waals surface area contributed by atoms with Gasteiger partial charge in [0.15, 0.2) is 5.78 Å². The number of carbonyl (C=O) groups excluding carboxylic acids is 2. The molecule has 0 fully saturated rings. The lowest BCUT2D eigenvalue weighted by Gasteiger charge is -2.19. The van der Waals surface area contributed by atoms with E-state index >= 15 is 0 Å². The molecule has 0 aromatic heterocycles. The standard InChI is InChI=1S/C14H18FNO3/c1-5-12(17)10-8-9(6-7-11(10)15)16-13(18)19-14(2,3)4/h6-8H,5H2,1-4H3,(H,16,18). The number of amides is 1. The van der Waals surface area contributed by atoms with Crippen molar-refractivity contribution in [1.82, 2.24) is 0 Å². The van der Waals surface area contributed by atoms with Crippen LogP contribution >= 0.6 is 0 Å². The van der Waals surface area contributed by atoms with Crippen LogP contribution in [0.2, 0.25) is 0 Å². The molecule has 1 N–H and O–H groups in total. The fraction of sp³-hybridized carbons (Fsp3) is 0.429. The van der Waals surface area contributed by atoms with Crippen LogP contribution in [0.4, 0.5) is 14.9 Å². The zero-order valence-corrected chi connectivity index (χ0v) is 11.5. The number of carbonyl (C=O) groups is 2. The lowest BCUT2D eigenvalue weighted by molar-refractivity contribution is 0.0635. The first-order valence-corrected chi connectivity index (χ1v) is 6.05. The van der Waals surface area contributed by atoms with Crippen molar-refractivity contribution in [1.29, 1.82) is 0 Å². The Morgan fingerprint density at radius 3 is 2.47 bits per heavy atom. The molecule has 0 atom stereocenters. The van der Waals surface area contributed by atoms with Gasteiger partial charge >= 0.3 is 6.09 Å². The highest BCUT2D eigenvalue weighted by Gasteiger charge is 2.17. The Morgan fingerprint density at radius 1 is 1.32 bits per heavy atom. The number of anilines is 1. The summed E-state index contributed by atoms with van der Waals surface area (Å²) < 4.78 is 18.5. The van der Waals surface area contributed by atoms with Crippen molar-refractivity contribution in [3.63, 3.8) is 0 Å². The zero-order chi connectivity index (χ0) is 14.6. The van der Waals surface area contributed by atoms with Gasteiger partial charge < -0.3 is 4.74 Å². The van der Waals surface area contributed by atoms with Gasteiger partial charge in [0.1, 0.15) is 11.4 Å². The predicted octanol–water partition coefficient (Wildman–Crippen LogP) is 3.77. The van der Waals surface area contributed by atoms with E-state index in [1.807, 2.05) is 0 Å². The molecule has 0 radical (unpaired) electrons. The summed E-state index contributed by atoms with van der Waals surface area (Å²) in [6.45, 7) is 6.87. The Bertz CT molecular complexity index is 492. The van der Waals surface area contributed by atoms with Gasteiger partial charge in [0.25, 0.3) is 0 Å². The third-order valence-corrected chi connectivity index (χ3v) is 2.23. The maximum atomic E-state index is 13.5. The fourth-order valence-corrected chi connectivity index (χ4v) is 1.43. The van der Waals surface area contributed by atoms with Gasteiger partial charge in [0.2, 0.25) is 0 Å². The quantitative estimate of drug-likeness (QED) is 0.848. The minimum absolute atomic E-state index is 0.0314. The van der Waals surface area contributed by atoms with Crippen LogP contribution in [0.25, 0.3) is 0 Å². The Labute approximate surface area is 112 Å². The van der Waals surface area contributed by atoms with Gasteiger partial charge in [-0.15, -0.1) is 0 Å². The number of hydrogen-bond donors (Lipinski definition) is 1. The summed E-state index contributed by atoms with van der Waals surface area (Å²) in [5.41, 5.74) is -0.324. The van der Waals surface area contributed by atoms with Crippen molar-refractivity contribution in [2.75, 3.05) is 5.32 Å². The molecule has 0 aliphatic rings. The molecule has 0 aliphatic carbocycles. The second kappa shape index (κ2) is 5.82. The molecular weight excluding hydrogens is 249 g/mol. The minimum atomic E-state index is -0.644. The summed E-state index contributed by atoms with van der Waals surface area (Å²) >= 11 is 0. The molecule has 0 spiro atoms. The third-order valence-electron chi connectivity index (χ3n) is 2.23. The fourth-order valence-electron chi connectivity index (χ4n) is 1.43. The molecule has 1 aromatic rings. The minimum Gasteiger partial charge on any atom is -0.444 e. The van der Waals surface area contributed by atoms with Crippen molar-refractivity contribution in [2.45, 2.75) is 39.7 Å². The van der Waals surface area contributed by atoms with Crippen LogP contribution in [0.1, 0.15) is 44.5 Å². The van der Waals surface area contributed by atoms with Crippen LogP contribution in [0.15, 0.2) is 18.2 Å². The maximum absolute atomic E-state index is 13.5. The molecule has 19 heavy (non-hydrogen) atoms. The summed E-state index contributed by atoms with van der Waals surface area (Å²) in [5, 5.41) is 2.46. The number of ether oxygens (including phenoxy) is 1. The summed E-state index contributed by atoms with van der Waals surface area (Å²) in [5.74, 6) is -0.910. The van der Waals surface area contributed by atoms with E-state index in [-0.39, 0.29) is 17.8 Å². The van der Waals surface area contributed by atoms with E-state index in [9.17, 15) is 14.0 Å². The Balaban J connectivity index is 2.86. The summed E-state index contributed by atoms with van der Waals surface area (Å²) in [6.07, 6.45) is -0.443. The molecule has 1 amide bonds. The normalized spacial score (nSPS) is 11.0. The van der Waals surface area contributed by atoms with Crippen LogP contribution in [0.3, 0.4) is 0 Å². The van der Waals surface area contributed by atoms with Gasteiger partial charge in [-0.05, 0) is 39.0 Å². The van der Waals surface area contributed by atoms with Crippen LogP contribution in [0.5, 0.6) is 0 Å². The summed E-state index contributed by atoms with van der Waals surface area (Å²) in [6, 6.07) is 3.84. The Morgan fingerprint density at radius 2 is 1.95 bits per heavy atom. The first kappa shape index (κ1) is 15.1. The molecule has 0 heterocycles. The predicted molar refractivity (Wildman–Crippen MR) is 70.9 cm³/mol. The highest BCUT2D eigenvalue weighted by molar-refractivity contribution is 5.97. The van der Waals surface area contributed by atoms with E-state index in [1.165, 1.54) is 12.1 Å². The number of benzene rings is 1. The third kappa shape index (κ3) is 4.69. The van der Waals surface area contributed by atoms with Gasteiger partial charge in [0, 0.05) is 12.1 Å². The van der Waals surface area contributed by atoms with Crippen molar-refractivity contribution < 1.29 is 18.7 Å². The molecule has 0 bridgehead atoms. The Hall–Kier alpha value is -1.91. The summed E-state index contributed by atoms with van der Waals surface area (Å²) in [4.78, 5) is 23.1. The summed E-state index contributed by atoms with van der Waals surface area (Å²) in [7, 11) is 0. The topological polar surface area (TPSA) is 55.4 Å². The zero-order valence-electron chi connectivity index (χ0n) is 11.5. The molecule has 0 aliphatic heterocycles. The van der Waals surface area contributed by atoms with Gasteiger partial charge in [0.05, 0.1) is 5.56 Å². The molecule has 5 heteroatoms. The van der Waals surface area contributed by atoms with E-state index in [2.05, 4.69) is 5.32 Å². The van der Waals surface area contributed by atoms with E-state index < -0.39 is 17.5 Å². The molecule has 0 saturated heterocycles. The first-order chi connectivity index (χ1) is 8.73.